The third-order valence-electron chi connectivity index (χ3n) is 2.50. The largest absolute Gasteiger partial charge is 0.444 e. The predicted molar refractivity (Wildman–Crippen MR) is 73.6 cm³/mol. The van der Waals surface area contributed by atoms with Crippen molar-refractivity contribution in [2.24, 2.45) is 0 Å². The maximum absolute atomic E-state index is 12.2. The third kappa shape index (κ3) is 6.24. The Balaban J connectivity index is 4.81. The number of carbonyl (C=O) groups excluding carboxylic acids is 1. The first-order valence-corrected chi connectivity index (χ1v) is 6.78. The Labute approximate surface area is 112 Å². The van der Waals surface area contributed by atoms with Crippen molar-refractivity contribution in [3.05, 3.63) is 0 Å². The van der Waals surface area contributed by atoms with E-state index >= 15 is 0 Å². The van der Waals surface area contributed by atoms with Crippen LogP contribution in [0.4, 0.5) is 4.79 Å². The molecule has 0 heterocycles. The van der Waals surface area contributed by atoms with Crippen LogP contribution in [0.25, 0.3) is 0 Å². The molecule has 0 saturated carbocycles. The second kappa shape index (κ2) is 6.98. The summed E-state index contributed by atoms with van der Waals surface area (Å²) in [5, 5.41) is 0. The van der Waals surface area contributed by atoms with Gasteiger partial charge in [-0.25, -0.2) is 4.79 Å². The van der Waals surface area contributed by atoms with Crippen molar-refractivity contribution < 1.29 is 14.3 Å². The second-order valence-electron chi connectivity index (χ2n) is 5.87. The van der Waals surface area contributed by atoms with Crippen LogP contribution in [0.1, 0.15) is 61.3 Å². The molecule has 0 spiro atoms. The number of ether oxygens (including phenoxy) is 2. The monoisotopic (exact) mass is 259 g/mol. The van der Waals surface area contributed by atoms with Gasteiger partial charge in [0.05, 0.1) is 0 Å². The van der Waals surface area contributed by atoms with Crippen molar-refractivity contribution in [2.75, 3.05) is 13.2 Å². The highest BCUT2D eigenvalue weighted by atomic mass is 16.6. The van der Waals surface area contributed by atoms with E-state index < -0.39 is 11.3 Å². The van der Waals surface area contributed by atoms with Crippen LogP contribution >= 0.6 is 0 Å². The lowest BCUT2D eigenvalue weighted by atomic mass is 10.2. The van der Waals surface area contributed by atoms with Crippen LogP contribution in [0.2, 0.25) is 0 Å². The molecule has 0 saturated heterocycles. The maximum Gasteiger partial charge on any atom is 0.412 e. The molecule has 4 heteroatoms. The van der Waals surface area contributed by atoms with Gasteiger partial charge in [0.15, 0.2) is 0 Å². The molecule has 0 unspecified atom stereocenters. The molecule has 0 fully saturated rings. The summed E-state index contributed by atoms with van der Waals surface area (Å²) in [4.78, 5) is 13.9. The van der Waals surface area contributed by atoms with Crippen LogP contribution in [-0.2, 0) is 9.47 Å². The minimum atomic E-state index is -0.633. The molecule has 0 atom stereocenters. The summed E-state index contributed by atoms with van der Waals surface area (Å²) >= 11 is 0. The van der Waals surface area contributed by atoms with Crippen molar-refractivity contribution in [3.8, 4) is 0 Å². The molecular weight excluding hydrogens is 230 g/mol. The molecular formula is C14H29NO3. The lowest BCUT2D eigenvalue weighted by molar-refractivity contribution is -0.123. The minimum Gasteiger partial charge on any atom is -0.444 e. The Morgan fingerprint density at radius 2 is 1.67 bits per heavy atom. The van der Waals surface area contributed by atoms with Gasteiger partial charge in [-0.15, -0.1) is 0 Å². The van der Waals surface area contributed by atoms with Gasteiger partial charge in [-0.05, 0) is 48.0 Å². The lowest BCUT2D eigenvalue weighted by Gasteiger charge is -2.38. The highest BCUT2D eigenvalue weighted by molar-refractivity contribution is 5.68. The number of nitrogens with zero attached hydrogens (tertiary/aromatic N) is 1. The topological polar surface area (TPSA) is 38.8 Å². The van der Waals surface area contributed by atoms with Crippen LogP contribution in [0.3, 0.4) is 0 Å². The Morgan fingerprint density at radius 1 is 1.11 bits per heavy atom. The van der Waals surface area contributed by atoms with E-state index in [1.165, 1.54) is 0 Å². The normalized spacial score (nSPS) is 12.4. The number of unbranched alkanes of at least 4 members (excludes halogenated alkanes) is 1. The summed E-state index contributed by atoms with van der Waals surface area (Å²) in [5.41, 5.74) is -1.11. The summed E-state index contributed by atoms with van der Waals surface area (Å²) in [6.07, 6.45) is 1.66. The van der Waals surface area contributed by atoms with Crippen LogP contribution in [-0.4, -0.2) is 35.5 Å². The summed E-state index contributed by atoms with van der Waals surface area (Å²) < 4.78 is 11.1. The molecule has 0 aliphatic carbocycles. The lowest BCUT2D eigenvalue weighted by Crippen LogP contribution is -2.51. The van der Waals surface area contributed by atoms with E-state index in [0.717, 1.165) is 12.8 Å². The average molecular weight is 259 g/mol. The first kappa shape index (κ1) is 17.2. The molecule has 1 amide bonds. The first-order chi connectivity index (χ1) is 8.14. The average Bonchev–Trinajstić information content (AvgIpc) is 2.14. The SMILES string of the molecule is CCCCN(C(=O)OC(C)(C)C)C(C)(C)OCC. The Hall–Kier alpha value is -0.770. The molecule has 0 aromatic rings. The van der Waals surface area contributed by atoms with E-state index in [-0.39, 0.29) is 6.09 Å². The summed E-state index contributed by atoms with van der Waals surface area (Å²) in [6.45, 7) is 14.7. The summed E-state index contributed by atoms with van der Waals surface area (Å²) in [5.74, 6) is 0. The molecule has 0 aliphatic rings. The summed E-state index contributed by atoms with van der Waals surface area (Å²) in [7, 11) is 0. The molecule has 0 aromatic heterocycles. The maximum atomic E-state index is 12.2. The van der Waals surface area contributed by atoms with E-state index in [1.807, 2.05) is 41.5 Å². The second-order valence-corrected chi connectivity index (χ2v) is 5.87. The van der Waals surface area contributed by atoms with Gasteiger partial charge in [-0.1, -0.05) is 13.3 Å². The van der Waals surface area contributed by atoms with Gasteiger partial charge in [0.25, 0.3) is 0 Å². The molecule has 0 aliphatic heterocycles. The number of carbonyl (C=O) groups is 1. The molecule has 0 bridgehead atoms. The number of amides is 1. The highest BCUT2D eigenvalue weighted by Crippen LogP contribution is 2.21. The molecule has 108 valence electrons. The fraction of sp³-hybridized carbons (Fsp3) is 0.929. The molecule has 0 aromatic carbocycles. The molecule has 4 nitrogen and oxygen atoms in total. The van der Waals surface area contributed by atoms with Crippen molar-refractivity contribution in [1.82, 2.24) is 4.90 Å². The van der Waals surface area contributed by atoms with Gasteiger partial charge in [-0.3, -0.25) is 4.90 Å². The van der Waals surface area contributed by atoms with Crippen molar-refractivity contribution >= 4 is 6.09 Å². The fourth-order valence-electron chi connectivity index (χ4n) is 1.64. The zero-order valence-electron chi connectivity index (χ0n) is 13.0. The predicted octanol–water partition coefficient (Wildman–Crippen LogP) is 3.80. The van der Waals surface area contributed by atoms with E-state index in [0.29, 0.717) is 13.2 Å². The molecule has 0 N–H and O–H groups in total. The number of hydrogen-bond donors (Lipinski definition) is 0. The van der Waals surface area contributed by atoms with Gasteiger partial charge in [0.1, 0.15) is 11.3 Å². The zero-order chi connectivity index (χ0) is 14.4. The Morgan fingerprint density at radius 3 is 2.06 bits per heavy atom. The molecule has 0 rings (SSSR count). The summed E-state index contributed by atoms with van der Waals surface area (Å²) in [6, 6.07) is 0. The number of hydrogen-bond acceptors (Lipinski definition) is 3. The highest BCUT2D eigenvalue weighted by Gasteiger charge is 2.34. The van der Waals surface area contributed by atoms with E-state index in [4.69, 9.17) is 9.47 Å². The van der Waals surface area contributed by atoms with Gasteiger partial charge < -0.3 is 9.47 Å². The van der Waals surface area contributed by atoms with Crippen molar-refractivity contribution in [2.45, 2.75) is 72.6 Å². The van der Waals surface area contributed by atoms with E-state index in [2.05, 4.69) is 6.92 Å². The smallest absolute Gasteiger partial charge is 0.412 e. The van der Waals surface area contributed by atoms with Crippen LogP contribution in [0.15, 0.2) is 0 Å². The minimum absolute atomic E-state index is 0.311. The van der Waals surface area contributed by atoms with Gasteiger partial charge in [0.2, 0.25) is 0 Å². The van der Waals surface area contributed by atoms with E-state index in [9.17, 15) is 4.79 Å². The molecule has 0 radical (unpaired) electrons. The third-order valence-corrected chi connectivity index (χ3v) is 2.50. The first-order valence-electron chi connectivity index (χ1n) is 6.78. The Kier molecular flexibility index (Phi) is 6.68. The van der Waals surface area contributed by atoms with Crippen molar-refractivity contribution in [1.29, 1.82) is 0 Å². The quantitative estimate of drug-likeness (QED) is 0.681. The fourth-order valence-corrected chi connectivity index (χ4v) is 1.64. The van der Waals surface area contributed by atoms with Gasteiger partial charge >= 0.3 is 6.09 Å². The van der Waals surface area contributed by atoms with Gasteiger partial charge in [0, 0.05) is 13.2 Å². The van der Waals surface area contributed by atoms with Crippen LogP contribution in [0, 0.1) is 0 Å². The van der Waals surface area contributed by atoms with Crippen molar-refractivity contribution in [3.63, 3.8) is 0 Å². The standard InChI is InChI=1S/C14H29NO3/c1-8-10-11-15(14(6,7)17-9-2)12(16)18-13(3,4)5/h8-11H2,1-7H3. The number of rotatable bonds is 6. The van der Waals surface area contributed by atoms with E-state index in [1.54, 1.807) is 4.90 Å². The zero-order valence-corrected chi connectivity index (χ0v) is 13.0. The Bertz CT molecular complexity index is 256. The van der Waals surface area contributed by atoms with Gasteiger partial charge in [-0.2, -0.15) is 0 Å². The van der Waals surface area contributed by atoms with Crippen LogP contribution < -0.4 is 0 Å². The van der Waals surface area contributed by atoms with Crippen LogP contribution in [0.5, 0.6) is 0 Å². The molecule has 18 heavy (non-hydrogen) atoms.